The Labute approximate surface area is 98.9 Å². The lowest BCUT2D eigenvalue weighted by Gasteiger charge is -2.55. The second kappa shape index (κ2) is 4.63. The van der Waals surface area contributed by atoms with E-state index in [4.69, 9.17) is 9.47 Å². The molecule has 1 saturated heterocycles. The fraction of sp³-hybridized carbons (Fsp3) is 1.00. The third-order valence-electron chi connectivity index (χ3n) is 4.32. The summed E-state index contributed by atoms with van der Waals surface area (Å²) in [6.45, 7) is 8.67. The summed E-state index contributed by atoms with van der Waals surface area (Å²) < 4.78 is 10.9. The highest BCUT2D eigenvalue weighted by Gasteiger charge is 2.59. The Bertz CT molecular complexity index is 242. The van der Waals surface area contributed by atoms with Gasteiger partial charge in [0, 0.05) is 43.7 Å². The van der Waals surface area contributed by atoms with Crippen molar-refractivity contribution in [2.45, 2.75) is 51.8 Å². The van der Waals surface area contributed by atoms with Crippen molar-refractivity contribution in [2.24, 2.45) is 11.3 Å². The molecule has 94 valence electrons. The predicted octanol–water partition coefficient (Wildman–Crippen LogP) is 1.81. The van der Waals surface area contributed by atoms with Gasteiger partial charge in [-0.25, -0.2) is 0 Å². The third-order valence-corrected chi connectivity index (χ3v) is 4.32. The number of hydrogen-bond donors (Lipinski definition) is 1. The Balaban J connectivity index is 1.85. The van der Waals surface area contributed by atoms with Gasteiger partial charge in [-0.2, -0.15) is 0 Å². The highest BCUT2D eigenvalue weighted by atomic mass is 16.5. The zero-order chi connectivity index (χ0) is 11.8. The fourth-order valence-corrected chi connectivity index (χ4v) is 3.35. The van der Waals surface area contributed by atoms with Crippen LogP contribution in [-0.4, -0.2) is 38.5 Å². The molecule has 4 unspecified atom stereocenters. The van der Waals surface area contributed by atoms with Crippen molar-refractivity contribution in [1.29, 1.82) is 0 Å². The summed E-state index contributed by atoms with van der Waals surface area (Å²) in [6.07, 6.45) is 2.80. The molecule has 0 aromatic heterocycles. The van der Waals surface area contributed by atoms with Gasteiger partial charge < -0.3 is 14.8 Å². The van der Waals surface area contributed by atoms with E-state index in [1.807, 2.05) is 0 Å². The van der Waals surface area contributed by atoms with E-state index in [-0.39, 0.29) is 0 Å². The number of ether oxygens (including phenoxy) is 2. The smallest absolute Gasteiger partial charge is 0.0685 e. The molecule has 1 heterocycles. The quantitative estimate of drug-likeness (QED) is 0.777. The van der Waals surface area contributed by atoms with Gasteiger partial charge >= 0.3 is 0 Å². The number of hydrogen-bond acceptors (Lipinski definition) is 3. The minimum absolute atomic E-state index is 0.294. The first-order valence-corrected chi connectivity index (χ1v) is 6.44. The molecule has 0 bridgehead atoms. The monoisotopic (exact) mass is 227 g/mol. The molecule has 1 aliphatic carbocycles. The van der Waals surface area contributed by atoms with Gasteiger partial charge in [0.05, 0.1) is 6.10 Å². The minimum atomic E-state index is 0.294. The maximum absolute atomic E-state index is 5.80. The maximum atomic E-state index is 5.80. The number of fused-ring (bicyclic) bond motifs is 1. The van der Waals surface area contributed by atoms with Gasteiger partial charge in [0.15, 0.2) is 0 Å². The molecule has 1 aliphatic heterocycles. The van der Waals surface area contributed by atoms with Crippen LogP contribution in [0.5, 0.6) is 0 Å². The molecule has 0 aromatic rings. The number of nitrogens with one attached hydrogen (secondary N) is 1. The number of rotatable bonds is 5. The van der Waals surface area contributed by atoms with Crippen LogP contribution in [-0.2, 0) is 9.47 Å². The first-order valence-electron chi connectivity index (χ1n) is 6.44. The summed E-state index contributed by atoms with van der Waals surface area (Å²) >= 11 is 0. The van der Waals surface area contributed by atoms with Gasteiger partial charge in [-0.1, -0.05) is 13.8 Å². The molecule has 2 aliphatic rings. The van der Waals surface area contributed by atoms with E-state index >= 15 is 0 Å². The molecule has 0 amide bonds. The summed E-state index contributed by atoms with van der Waals surface area (Å²) in [4.78, 5) is 0. The summed E-state index contributed by atoms with van der Waals surface area (Å²) in [7, 11) is 1.76. The standard InChI is InChI=1S/C13H25NO2/c1-9(5-7-15-4)14-11-10-6-8-16-12(10)13(11,2)3/h9-12,14H,5-8H2,1-4H3. The van der Waals surface area contributed by atoms with E-state index in [1.165, 1.54) is 6.42 Å². The third kappa shape index (κ3) is 2.01. The summed E-state index contributed by atoms with van der Waals surface area (Å²) in [6, 6.07) is 1.15. The Morgan fingerprint density at radius 1 is 1.50 bits per heavy atom. The average Bonchev–Trinajstić information content (AvgIpc) is 2.69. The van der Waals surface area contributed by atoms with Crippen LogP contribution in [0.15, 0.2) is 0 Å². The average molecular weight is 227 g/mol. The molecule has 3 heteroatoms. The Morgan fingerprint density at radius 2 is 2.25 bits per heavy atom. The lowest BCUT2D eigenvalue weighted by atomic mass is 9.57. The van der Waals surface area contributed by atoms with Crippen molar-refractivity contribution >= 4 is 0 Å². The van der Waals surface area contributed by atoms with Crippen molar-refractivity contribution < 1.29 is 9.47 Å². The van der Waals surface area contributed by atoms with Crippen LogP contribution in [0.1, 0.15) is 33.6 Å². The molecule has 1 N–H and O–H groups in total. The normalized spacial score (nSPS) is 37.9. The lowest BCUT2D eigenvalue weighted by molar-refractivity contribution is -0.115. The molecule has 2 rings (SSSR count). The first kappa shape index (κ1) is 12.3. The molecule has 16 heavy (non-hydrogen) atoms. The van der Waals surface area contributed by atoms with E-state index < -0.39 is 0 Å². The van der Waals surface area contributed by atoms with Gasteiger partial charge in [-0.15, -0.1) is 0 Å². The van der Waals surface area contributed by atoms with Crippen LogP contribution in [0.2, 0.25) is 0 Å². The van der Waals surface area contributed by atoms with E-state index in [9.17, 15) is 0 Å². The van der Waals surface area contributed by atoms with Crippen molar-refractivity contribution in [3.05, 3.63) is 0 Å². The Morgan fingerprint density at radius 3 is 2.94 bits per heavy atom. The summed E-state index contributed by atoms with van der Waals surface area (Å²) in [5.74, 6) is 0.736. The van der Waals surface area contributed by atoms with E-state index in [0.717, 1.165) is 25.6 Å². The van der Waals surface area contributed by atoms with Crippen LogP contribution in [0, 0.1) is 11.3 Å². The van der Waals surface area contributed by atoms with Crippen LogP contribution < -0.4 is 5.32 Å². The van der Waals surface area contributed by atoms with Crippen molar-refractivity contribution in [3.63, 3.8) is 0 Å². The summed E-state index contributed by atoms with van der Waals surface area (Å²) in [5.41, 5.74) is 0.294. The molecule has 0 spiro atoms. The van der Waals surface area contributed by atoms with E-state index in [1.54, 1.807) is 7.11 Å². The highest BCUT2D eigenvalue weighted by molar-refractivity contribution is 5.11. The van der Waals surface area contributed by atoms with Crippen LogP contribution in [0.25, 0.3) is 0 Å². The van der Waals surface area contributed by atoms with Crippen molar-refractivity contribution in [1.82, 2.24) is 5.32 Å². The lowest BCUT2D eigenvalue weighted by Crippen LogP contribution is -2.67. The Kier molecular flexibility index (Phi) is 3.57. The molecule has 0 aromatic carbocycles. The Hall–Kier alpha value is -0.120. The molecular weight excluding hydrogens is 202 g/mol. The van der Waals surface area contributed by atoms with Crippen LogP contribution in [0.4, 0.5) is 0 Å². The second-order valence-corrected chi connectivity index (χ2v) is 5.89. The van der Waals surface area contributed by atoms with Crippen LogP contribution in [0.3, 0.4) is 0 Å². The molecule has 0 radical (unpaired) electrons. The zero-order valence-corrected chi connectivity index (χ0v) is 11.0. The van der Waals surface area contributed by atoms with E-state index in [0.29, 0.717) is 23.6 Å². The van der Waals surface area contributed by atoms with Crippen molar-refractivity contribution in [3.8, 4) is 0 Å². The molecule has 4 atom stereocenters. The SMILES string of the molecule is COCCC(C)NC1C2CCOC2C1(C)C. The molecule has 1 saturated carbocycles. The predicted molar refractivity (Wildman–Crippen MR) is 64.5 cm³/mol. The molecule has 3 nitrogen and oxygen atoms in total. The van der Waals surface area contributed by atoms with Gasteiger partial charge in [0.2, 0.25) is 0 Å². The maximum Gasteiger partial charge on any atom is 0.0685 e. The van der Waals surface area contributed by atoms with Gasteiger partial charge in [0.1, 0.15) is 0 Å². The second-order valence-electron chi connectivity index (χ2n) is 5.89. The zero-order valence-electron chi connectivity index (χ0n) is 11.0. The minimum Gasteiger partial charge on any atom is -0.385 e. The molecule has 2 fully saturated rings. The van der Waals surface area contributed by atoms with Crippen molar-refractivity contribution in [2.75, 3.05) is 20.3 Å². The summed E-state index contributed by atoms with van der Waals surface area (Å²) in [5, 5.41) is 3.75. The highest BCUT2D eigenvalue weighted by Crippen LogP contribution is 2.52. The fourth-order valence-electron chi connectivity index (χ4n) is 3.35. The van der Waals surface area contributed by atoms with Gasteiger partial charge in [-0.05, 0) is 19.8 Å². The topological polar surface area (TPSA) is 30.5 Å². The largest absolute Gasteiger partial charge is 0.385 e. The number of methoxy groups -OCH3 is 1. The van der Waals surface area contributed by atoms with Gasteiger partial charge in [0.25, 0.3) is 0 Å². The van der Waals surface area contributed by atoms with Crippen LogP contribution >= 0.6 is 0 Å². The van der Waals surface area contributed by atoms with Gasteiger partial charge in [-0.3, -0.25) is 0 Å². The molecular formula is C13H25NO2. The first-order chi connectivity index (χ1) is 7.57. The van der Waals surface area contributed by atoms with E-state index in [2.05, 4.69) is 26.1 Å².